The van der Waals surface area contributed by atoms with Crippen molar-refractivity contribution in [1.29, 1.82) is 0 Å². The summed E-state index contributed by atoms with van der Waals surface area (Å²) >= 11 is 0. The average molecular weight is 448 g/mol. The Bertz CT molecular complexity index is 1150. The van der Waals surface area contributed by atoms with Gasteiger partial charge in [0.1, 0.15) is 5.82 Å². The summed E-state index contributed by atoms with van der Waals surface area (Å²) < 4.78 is 26.9. The highest BCUT2D eigenvalue weighted by atomic mass is 19.1. The number of nitrogens with zero attached hydrogens (tertiary/aromatic N) is 2. The van der Waals surface area contributed by atoms with Crippen LogP contribution in [0.2, 0.25) is 0 Å². The highest BCUT2D eigenvalue weighted by Crippen LogP contribution is 2.38. The summed E-state index contributed by atoms with van der Waals surface area (Å²) in [6.45, 7) is 1.92. The summed E-state index contributed by atoms with van der Waals surface area (Å²) in [6, 6.07) is 5.90. The zero-order valence-electron chi connectivity index (χ0n) is 18.8. The Morgan fingerprint density at radius 3 is 2.61 bits per heavy atom. The maximum atomic E-state index is 13.7. The van der Waals surface area contributed by atoms with Gasteiger partial charge in [-0.05, 0) is 73.4 Å². The molecule has 0 bridgehead atoms. The van der Waals surface area contributed by atoms with E-state index >= 15 is 0 Å². The quantitative estimate of drug-likeness (QED) is 0.568. The summed E-state index contributed by atoms with van der Waals surface area (Å²) in [5, 5.41) is 2.97. The highest BCUT2D eigenvalue weighted by molar-refractivity contribution is 5.92. The second-order valence-electron chi connectivity index (χ2n) is 8.73. The molecule has 1 saturated carbocycles. The molecule has 1 aromatic heterocycles. The fourth-order valence-corrected chi connectivity index (χ4v) is 4.64. The first-order valence-corrected chi connectivity index (χ1v) is 11.4. The molecular formula is C27H27F2N3O. The maximum Gasteiger partial charge on any atom is 0.229 e. The third kappa shape index (κ3) is 5.36. The van der Waals surface area contributed by atoms with Gasteiger partial charge in [0, 0.05) is 5.92 Å². The zero-order valence-corrected chi connectivity index (χ0v) is 18.8. The van der Waals surface area contributed by atoms with Gasteiger partial charge in [-0.25, -0.2) is 14.4 Å². The van der Waals surface area contributed by atoms with Gasteiger partial charge in [0.2, 0.25) is 5.91 Å². The molecule has 1 heterocycles. The molecule has 0 aliphatic heterocycles. The van der Waals surface area contributed by atoms with Crippen molar-refractivity contribution in [3.8, 4) is 12.3 Å². The lowest BCUT2D eigenvalue weighted by Gasteiger charge is -2.26. The standard InChI is InChI=1S/C27H27F2N3O/c1-3-21(28)16-20-11-14-23-25(17(20)2)32-26(19-7-5-4-6-8-19)27(30-23)31-24(33)15-18-9-12-22(29)13-10-18/h1,9-10,12-13,16,19H,4-8,11,14-15H2,2H3,(H,30,31,33)/b21-16+. The SMILES string of the molecule is C#C/C(F)=C\C1=C(C)c2nc(C3CCCCC3)c(NC(=O)Cc3ccc(F)cc3)nc2CC1. The molecule has 2 aliphatic rings. The molecule has 0 radical (unpaired) electrons. The molecule has 0 unspecified atom stereocenters. The summed E-state index contributed by atoms with van der Waals surface area (Å²) in [7, 11) is 0. The van der Waals surface area contributed by atoms with Crippen LogP contribution in [0.1, 0.15) is 74.0 Å². The summed E-state index contributed by atoms with van der Waals surface area (Å²) in [5.74, 6) is 1.61. The zero-order chi connectivity index (χ0) is 23.4. The van der Waals surface area contributed by atoms with Crippen LogP contribution in [-0.4, -0.2) is 15.9 Å². The normalized spacial score (nSPS) is 16.8. The van der Waals surface area contributed by atoms with Crippen LogP contribution in [0, 0.1) is 18.2 Å². The third-order valence-corrected chi connectivity index (χ3v) is 6.43. The number of rotatable bonds is 5. The Balaban J connectivity index is 1.67. The lowest BCUT2D eigenvalue weighted by atomic mass is 9.85. The molecule has 1 amide bonds. The van der Waals surface area contributed by atoms with Crippen molar-refractivity contribution in [2.45, 2.75) is 64.2 Å². The van der Waals surface area contributed by atoms with E-state index in [9.17, 15) is 13.6 Å². The number of benzene rings is 1. The van der Waals surface area contributed by atoms with Crippen LogP contribution in [0.4, 0.5) is 14.6 Å². The average Bonchev–Trinajstić information content (AvgIpc) is 2.82. The summed E-state index contributed by atoms with van der Waals surface area (Å²) in [6.07, 6.45) is 13.3. The van der Waals surface area contributed by atoms with Crippen LogP contribution in [-0.2, 0) is 17.6 Å². The fourth-order valence-electron chi connectivity index (χ4n) is 4.64. The monoisotopic (exact) mass is 447 g/mol. The first-order valence-electron chi connectivity index (χ1n) is 11.4. The topological polar surface area (TPSA) is 54.9 Å². The molecule has 170 valence electrons. The summed E-state index contributed by atoms with van der Waals surface area (Å²) in [5.41, 5.74) is 4.77. The number of nitrogens with one attached hydrogen (secondary N) is 1. The first-order chi connectivity index (χ1) is 15.9. The third-order valence-electron chi connectivity index (χ3n) is 6.43. The molecule has 1 aromatic carbocycles. The van der Waals surface area contributed by atoms with Gasteiger partial charge in [-0.3, -0.25) is 4.79 Å². The van der Waals surface area contributed by atoms with Crippen LogP contribution in [0.25, 0.3) is 5.57 Å². The van der Waals surface area contributed by atoms with E-state index in [4.69, 9.17) is 16.4 Å². The minimum atomic E-state index is -0.599. The molecule has 4 rings (SSSR count). The van der Waals surface area contributed by atoms with Crippen molar-refractivity contribution >= 4 is 17.3 Å². The van der Waals surface area contributed by atoms with E-state index in [1.54, 1.807) is 12.1 Å². The van der Waals surface area contributed by atoms with Gasteiger partial charge in [-0.15, -0.1) is 6.42 Å². The van der Waals surface area contributed by atoms with Gasteiger partial charge >= 0.3 is 0 Å². The molecule has 4 nitrogen and oxygen atoms in total. The Hall–Kier alpha value is -3.33. The number of carbonyl (C=O) groups is 1. The van der Waals surface area contributed by atoms with E-state index < -0.39 is 5.83 Å². The molecule has 2 aliphatic carbocycles. The molecule has 6 heteroatoms. The predicted molar refractivity (Wildman–Crippen MR) is 126 cm³/mol. The number of anilines is 1. The number of fused-ring (bicyclic) bond motifs is 1. The summed E-state index contributed by atoms with van der Waals surface area (Å²) in [4.78, 5) is 22.6. The highest BCUT2D eigenvalue weighted by Gasteiger charge is 2.27. The van der Waals surface area contributed by atoms with Crippen molar-refractivity contribution in [1.82, 2.24) is 9.97 Å². The Morgan fingerprint density at radius 2 is 1.91 bits per heavy atom. The number of hydrogen-bond donors (Lipinski definition) is 1. The molecule has 1 fully saturated rings. The van der Waals surface area contributed by atoms with E-state index in [1.165, 1.54) is 24.6 Å². The molecule has 1 N–H and O–H groups in total. The van der Waals surface area contributed by atoms with Gasteiger partial charge in [-0.2, -0.15) is 4.39 Å². The number of terminal acetylenes is 1. The lowest BCUT2D eigenvalue weighted by molar-refractivity contribution is -0.115. The molecule has 2 aromatic rings. The number of aryl methyl sites for hydroxylation is 1. The van der Waals surface area contributed by atoms with E-state index in [1.807, 2.05) is 12.8 Å². The largest absolute Gasteiger partial charge is 0.309 e. The van der Waals surface area contributed by atoms with E-state index in [-0.39, 0.29) is 24.1 Å². The first kappa shape index (κ1) is 22.8. The van der Waals surface area contributed by atoms with Gasteiger partial charge in [0.15, 0.2) is 11.6 Å². The van der Waals surface area contributed by atoms with Crippen LogP contribution >= 0.6 is 0 Å². The van der Waals surface area contributed by atoms with Crippen molar-refractivity contribution < 1.29 is 13.6 Å². The van der Waals surface area contributed by atoms with E-state index in [0.29, 0.717) is 18.7 Å². The molecule has 0 spiro atoms. The van der Waals surface area contributed by atoms with E-state index in [2.05, 4.69) is 5.32 Å². The van der Waals surface area contributed by atoms with Crippen molar-refractivity contribution in [2.75, 3.05) is 5.32 Å². The second-order valence-corrected chi connectivity index (χ2v) is 8.73. The number of amides is 1. The fraction of sp³-hybridized carbons (Fsp3) is 0.370. The molecule has 0 saturated heterocycles. The number of allylic oxidation sites excluding steroid dienone is 4. The van der Waals surface area contributed by atoms with Gasteiger partial charge in [-0.1, -0.05) is 31.4 Å². The lowest BCUT2D eigenvalue weighted by Crippen LogP contribution is -2.22. The number of aromatic nitrogens is 2. The van der Waals surface area contributed by atoms with Gasteiger partial charge in [0.25, 0.3) is 0 Å². The van der Waals surface area contributed by atoms with Crippen LogP contribution in [0.15, 0.2) is 41.7 Å². The van der Waals surface area contributed by atoms with E-state index in [0.717, 1.165) is 59.5 Å². The number of carbonyl (C=O) groups excluding carboxylic acids is 1. The van der Waals surface area contributed by atoms with Crippen molar-refractivity contribution in [3.63, 3.8) is 0 Å². The molecule has 0 atom stereocenters. The minimum Gasteiger partial charge on any atom is -0.309 e. The predicted octanol–water partition coefficient (Wildman–Crippen LogP) is 6.05. The van der Waals surface area contributed by atoms with Crippen LogP contribution in [0.5, 0.6) is 0 Å². The van der Waals surface area contributed by atoms with Gasteiger partial charge in [0.05, 0.1) is 23.5 Å². The van der Waals surface area contributed by atoms with Crippen LogP contribution in [0.3, 0.4) is 0 Å². The second kappa shape index (κ2) is 10.1. The minimum absolute atomic E-state index is 0.127. The number of halogens is 2. The Kier molecular flexibility index (Phi) is 6.98. The Morgan fingerprint density at radius 1 is 1.18 bits per heavy atom. The van der Waals surface area contributed by atoms with Crippen molar-refractivity contribution in [2.24, 2.45) is 0 Å². The van der Waals surface area contributed by atoms with Gasteiger partial charge < -0.3 is 5.32 Å². The Labute approximate surface area is 193 Å². The molecule has 33 heavy (non-hydrogen) atoms. The van der Waals surface area contributed by atoms with Crippen molar-refractivity contribution in [3.05, 3.63) is 70.2 Å². The smallest absolute Gasteiger partial charge is 0.229 e. The maximum absolute atomic E-state index is 13.7. The number of hydrogen-bond acceptors (Lipinski definition) is 3. The van der Waals surface area contributed by atoms with Crippen LogP contribution < -0.4 is 5.32 Å². The molecular weight excluding hydrogens is 420 g/mol.